The quantitative estimate of drug-likeness (QED) is 0.758. The molecule has 0 saturated heterocycles. The minimum absolute atomic E-state index is 0.200. The van der Waals surface area contributed by atoms with Gasteiger partial charge in [0.05, 0.1) is 12.8 Å². The number of carbonyl (C=O) groups excluding carboxylic acids is 1. The van der Waals surface area contributed by atoms with E-state index in [0.717, 1.165) is 27.0 Å². The first kappa shape index (κ1) is 15.6. The van der Waals surface area contributed by atoms with Crippen molar-refractivity contribution in [2.45, 2.75) is 6.42 Å². The lowest BCUT2D eigenvalue weighted by Crippen LogP contribution is -2.30. The number of para-hydroxylation sites is 2. The van der Waals surface area contributed by atoms with Gasteiger partial charge < -0.3 is 15.4 Å². The van der Waals surface area contributed by atoms with Gasteiger partial charge in [-0.2, -0.15) is 0 Å². The molecule has 0 unspecified atom stereocenters. The van der Waals surface area contributed by atoms with Crippen molar-refractivity contribution in [2.24, 2.45) is 0 Å². The van der Waals surface area contributed by atoms with Gasteiger partial charge in [0.2, 0.25) is 0 Å². The summed E-state index contributed by atoms with van der Waals surface area (Å²) in [6.45, 7) is 0.551. The summed E-state index contributed by atoms with van der Waals surface area (Å²) >= 11 is 2.19. The average Bonchev–Trinajstić information content (AvgIpc) is 2.50. The van der Waals surface area contributed by atoms with Crippen LogP contribution < -0.4 is 15.4 Å². The van der Waals surface area contributed by atoms with Gasteiger partial charge in [0.1, 0.15) is 5.75 Å². The van der Waals surface area contributed by atoms with E-state index >= 15 is 0 Å². The lowest BCUT2D eigenvalue weighted by molar-refractivity contribution is 0.252. The Bertz CT molecular complexity index is 617. The Kier molecular flexibility index (Phi) is 5.86. The number of rotatable bonds is 5. The topological polar surface area (TPSA) is 50.4 Å². The number of nitrogens with one attached hydrogen (secondary N) is 2. The number of amides is 2. The third-order valence-corrected chi connectivity index (χ3v) is 3.94. The maximum absolute atomic E-state index is 11.9. The zero-order valence-corrected chi connectivity index (χ0v) is 13.9. The summed E-state index contributed by atoms with van der Waals surface area (Å²) in [5.74, 6) is 0.845. The van der Waals surface area contributed by atoms with E-state index < -0.39 is 0 Å². The van der Waals surface area contributed by atoms with E-state index in [2.05, 4.69) is 33.2 Å². The molecule has 0 fully saturated rings. The molecule has 0 radical (unpaired) electrons. The monoisotopic (exact) mass is 396 g/mol. The molecule has 0 atom stereocenters. The van der Waals surface area contributed by atoms with Crippen LogP contribution in [0.25, 0.3) is 0 Å². The fourth-order valence-corrected chi connectivity index (χ4v) is 2.47. The van der Waals surface area contributed by atoms with Gasteiger partial charge in [-0.1, -0.05) is 30.3 Å². The van der Waals surface area contributed by atoms with Gasteiger partial charge in [-0.15, -0.1) is 0 Å². The van der Waals surface area contributed by atoms with Crippen LogP contribution >= 0.6 is 22.6 Å². The second-order valence-corrected chi connectivity index (χ2v) is 5.58. The van der Waals surface area contributed by atoms with E-state index in [-0.39, 0.29) is 6.03 Å². The summed E-state index contributed by atoms with van der Waals surface area (Å²) < 4.78 is 6.29. The molecule has 2 N–H and O–H groups in total. The van der Waals surface area contributed by atoms with E-state index in [9.17, 15) is 4.79 Å². The number of halogens is 1. The second kappa shape index (κ2) is 7.87. The molecule has 0 saturated carbocycles. The summed E-state index contributed by atoms with van der Waals surface area (Å²) in [4.78, 5) is 11.9. The highest BCUT2D eigenvalue weighted by molar-refractivity contribution is 14.1. The molecule has 110 valence electrons. The summed E-state index contributed by atoms with van der Waals surface area (Å²) in [5, 5.41) is 5.69. The predicted molar refractivity (Wildman–Crippen MR) is 92.9 cm³/mol. The Labute approximate surface area is 138 Å². The average molecular weight is 396 g/mol. The van der Waals surface area contributed by atoms with Crippen LogP contribution in [-0.2, 0) is 6.42 Å². The summed E-state index contributed by atoms with van der Waals surface area (Å²) in [7, 11) is 1.65. The minimum Gasteiger partial charge on any atom is -0.496 e. The molecule has 2 aromatic carbocycles. The first-order valence-electron chi connectivity index (χ1n) is 6.62. The molecule has 0 aliphatic heterocycles. The van der Waals surface area contributed by atoms with Crippen LogP contribution in [0, 0.1) is 3.57 Å². The summed E-state index contributed by atoms with van der Waals surface area (Å²) in [6.07, 6.45) is 0.726. The molecule has 0 heterocycles. The van der Waals surface area contributed by atoms with Crippen LogP contribution in [0.15, 0.2) is 48.5 Å². The molecular weight excluding hydrogens is 379 g/mol. The van der Waals surface area contributed by atoms with Gasteiger partial charge in [-0.05, 0) is 52.8 Å². The number of ether oxygens (including phenoxy) is 1. The highest BCUT2D eigenvalue weighted by atomic mass is 127. The third-order valence-electron chi connectivity index (χ3n) is 2.99. The predicted octanol–water partition coefficient (Wildman–Crippen LogP) is 3.66. The molecule has 0 aromatic heterocycles. The van der Waals surface area contributed by atoms with Crippen LogP contribution in [0.1, 0.15) is 5.56 Å². The molecule has 2 amide bonds. The first-order valence-corrected chi connectivity index (χ1v) is 7.70. The Hall–Kier alpha value is -1.76. The van der Waals surface area contributed by atoms with Gasteiger partial charge >= 0.3 is 6.03 Å². The standard InChI is InChI=1S/C16H17IN2O2/c1-21-15-9-5-2-6-12(15)10-11-18-16(20)19-14-8-4-3-7-13(14)17/h2-9H,10-11H2,1H3,(H2,18,19,20). The van der Waals surface area contributed by atoms with Gasteiger partial charge in [0.15, 0.2) is 0 Å². The number of urea groups is 1. The maximum atomic E-state index is 11.9. The number of hydrogen-bond donors (Lipinski definition) is 2. The van der Waals surface area contributed by atoms with Crippen molar-refractivity contribution in [3.05, 3.63) is 57.7 Å². The highest BCUT2D eigenvalue weighted by Gasteiger charge is 2.05. The lowest BCUT2D eigenvalue weighted by Gasteiger charge is -2.10. The van der Waals surface area contributed by atoms with E-state index in [1.54, 1.807) is 7.11 Å². The molecule has 5 heteroatoms. The van der Waals surface area contributed by atoms with Crippen molar-refractivity contribution in [1.82, 2.24) is 5.32 Å². The van der Waals surface area contributed by atoms with Crippen LogP contribution in [0.4, 0.5) is 10.5 Å². The molecule has 2 aromatic rings. The Balaban J connectivity index is 1.83. The number of benzene rings is 2. The van der Waals surface area contributed by atoms with Crippen LogP contribution in [0.2, 0.25) is 0 Å². The lowest BCUT2D eigenvalue weighted by atomic mass is 10.1. The highest BCUT2D eigenvalue weighted by Crippen LogP contribution is 2.18. The third kappa shape index (κ3) is 4.63. The normalized spacial score (nSPS) is 10.0. The molecule has 0 aliphatic rings. The smallest absolute Gasteiger partial charge is 0.319 e. The van der Waals surface area contributed by atoms with Crippen molar-refractivity contribution in [3.63, 3.8) is 0 Å². The number of carbonyl (C=O) groups is 1. The number of anilines is 1. The minimum atomic E-state index is -0.200. The van der Waals surface area contributed by atoms with Crippen molar-refractivity contribution in [3.8, 4) is 5.75 Å². The number of methoxy groups -OCH3 is 1. The van der Waals surface area contributed by atoms with E-state index in [0.29, 0.717) is 6.54 Å². The van der Waals surface area contributed by atoms with Crippen molar-refractivity contribution in [2.75, 3.05) is 19.0 Å². The molecule has 2 rings (SSSR count). The zero-order valence-electron chi connectivity index (χ0n) is 11.7. The van der Waals surface area contributed by atoms with Crippen molar-refractivity contribution in [1.29, 1.82) is 0 Å². The Morgan fingerprint density at radius 1 is 1.14 bits per heavy atom. The Morgan fingerprint density at radius 2 is 1.86 bits per heavy atom. The molecular formula is C16H17IN2O2. The largest absolute Gasteiger partial charge is 0.496 e. The van der Waals surface area contributed by atoms with Crippen molar-refractivity contribution >= 4 is 34.3 Å². The van der Waals surface area contributed by atoms with Crippen LogP contribution in [0.3, 0.4) is 0 Å². The molecule has 21 heavy (non-hydrogen) atoms. The second-order valence-electron chi connectivity index (χ2n) is 4.42. The van der Waals surface area contributed by atoms with E-state index in [4.69, 9.17) is 4.74 Å². The molecule has 0 spiro atoms. The van der Waals surface area contributed by atoms with Gasteiger partial charge in [-0.3, -0.25) is 0 Å². The first-order chi connectivity index (χ1) is 10.2. The molecule has 0 aliphatic carbocycles. The Morgan fingerprint density at radius 3 is 2.62 bits per heavy atom. The zero-order chi connectivity index (χ0) is 15.1. The van der Waals surface area contributed by atoms with Crippen molar-refractivity contribution < 1.29 is 9.53 Å². The summed E-state index contributed by atoms with van der Waals surface area (Å²) in [6, 6.07) is 15.3. The van der Waals surface area contributed by atoms with Gasteiger partial charge in [0, 0.05) is 10.1 Å². The number of hydrogen-bond acceptors (Lipinski definition) is 2. The van der Waals surface area contributed by atoms with E-state index in [1.807, 2.05) is 48.5 Å². The van der Waals surface area contributed by atoms with Crippen LogP contribution in [0.5, 0.6) is 5.75 Å². The summed E-state index contributed by atoms with van der Waals surface area (Å²) in [5.41, 5.74) is 1.89. The SMILES string of the molecule is COc1ccccc1CCNC(=O)Nc1ccccc1I. The maximum Gasteiger partial charge on any atom is 0.319 e. The van der Waals surface area contributed by atoms with Crippen LogP contribution in [-0.4, -0.2) is 19.7 Å². The van der Waals surface area contributed by atoms with E-state index in [1.165, 1.54) is 0 Å². The fraction of sp³-hybridized carbons (Fsp3) is 0.188. The van der Waals surface area contributed by atoms with Gasteiger partial charge in [-0.25, -0.2) is 4.79 Å². The van der Waals surface area contributed by atoms with Gasteiger partial charge in [0.25, 0.3) is 0 Å². The molecule has 0 bridgehead atoms. The fourth-order valence-electron chi connectivity index (χ4n) is 1.95. The molecule has 4 nitrogen and oxygen atoms in total.